The lowest BCUT2D eigenvalue weighted by atomic mass is 10.0. The second-order valence-electron chi connectivity index (χ2n) is 6.16. The summed E-state index contributed by atoms with van der Waals surface area (Å²) in [5.41, 5.74) is 8.84. The number of anilines is 2. The van der Waals surface area contributed by atoms with E-state index in [2.05, 4.69) is 14.7 Å². The fourth-order valence-electron chi connectivity index (χ4n) is 2.87. The van der Waals surface area contributed by atoms with E-state index >= 15 is 4.39 Å². The van der Waals surface area contributed by atoms with E-state index in [9.17, 15) is 0 Å². The summed E-state index contributed by atoms with van der Waals surface area (Å²) in [5, 5.41) is 1.10. The molecule has 0 unspecified atom stereocenters. The lowest BCUT2D eigenvalue weighted by Gasteiger charge is -2.13. The van der Waals surface area contributed by atoms with E-state index in [0.717, 1.165) is 10.9 Å². The van der Waals surface area contributed by atoms with Gasteiger partial charge in [-0.15, -0.1) is 0 Å². The standard InChI is InChI=1S/C21H16ClFN4S/c22-16-7-9-18(27-28-12-13-4-2-1-3-5-13)20(23)19(16)14-6-8-17-15(10-14)11-25-21(24)26-17/h1-11,27H,12H2,(H2,24,25,26). The van der Waals surface area contributed by atoms with Crippen molar-refractivity contribution in [1.82, 2.24) is 9.97 Å². The predicted octanol–water partition coefficient (Wildman–Crippen LogP) is 5.93. The lowest BCUT2D eigenvalue weighted by Crippen LogP contribution is -1.97. The van der Waals surface area contributed by atoms with Crippen LogP contribution in [0, 0.1) is 5.82 Å². The molecule has 0 aliphatic heterocycles. The van der Waals surface area contributed by atoms with Crippen molar-refractivity contribution >= 4 is 46.1 Å². The van der Waals surface area contributed by atoms with Gasteiger partial charge in [-0.25, -0.2) is 14.4 Å². The van der Waals surface area contributed by atoms with Crippen molar-refractivity contribution in [2.75, 3.05) is 10.5 Å². The average Bonchev–Trinajstić information content (AvgIpc) is 2.70. The monoisotopic (exact) mass is 410 g/mol. The SMILES string of the molecule is Nc1ncc2cc(-c3c(Cl)ccc(NSCc4ccccc4)c3F)ccc2n1. The van der Waals surface area contributed by atoms with E-state index in [1.54, 1.807) is 36.5 Å². The number of hydrogen-bond acceptors (Lipinski definition) is 5. The third kappa shape index (κ3) is 3.88. The van der Waals surface area contributed by atoms with Crippen LogP contribution in [0.2, 0.25) is 5.02 Å². The van der Waals surface area contributed by atoms with Crippen LogP contribution in [0.15, 0.2) is 66.9 Å². The Bertz CT molecular complexity index is 1140. The van der Waals surface area contributed by atoms with Gasteiger partial charge in [0.25, 0.3) is 0 Å². The largest absolute Gasteiger partial charge is 0.368 e. The fraction of sp³-hybridized carbons (Fsp3) is 0.0476. The summed E-state index contributed by atoms with van der Waals surface area (Å²) in [4.78, 5) is 8.16. The van der Waals surface area contributed by atoms with Gasteiger partial charge in [0.15, 0.2) is 5.82 Å². The normalized spacial score (nSPS) is 10.9. The summed E-state index contributed by atoms with van der Waals surface area (Å²) < 4.78 is 18.3. The molecule has 0 fully saturated rings. The highest BCUT2D eigenvalue weighted by atomic mass is 35.5. The number of rotatable bonds is 5. The minimum atomic E-state index is -0.399. The van der Waals surface area contributed by atoms with Gasteiger partial charge in [-0.1, -0.05) is 48.0 Å². The Kier molecular flexibility index (Phi) is 5.32. The van der Waals surface area contributed by atoms with Crippen LogP contribution in [-0.2, 0) is 5.75 Å². The third-order valence-electron chi connectivity index (χ3n) is 4.24. The maximum atomic E-state index is 15.2. The van der Waals surface area contributed by atoms with Crippen molar-refractivity contribution in [3.8, 4) is 11.1 Å². The molecule has 28 heavy (non-hydrogen) atoms. The van der Waals surface area contributed by atoms with Gasteiger partial charge >= 0.3 is 0 Å². The summed E-state index contributed by atoms with van der Waals surface area (Å²) in [5.74, 6) is 0.516. The van der Waals surface area contributed by atoms with Crippen LogP contribution >= 0.6 is 23.5 Å². The zero-order valence-corrected chi connectivity index (χ0v) is 16.3. The minimum absolute atomic E-state index is 0.200. The van der Waals surface area contributed by atoms with Crippen LogP contribution in [0.1, 0.15) is 5.56 Å². The highest BCUT2D eigenvalue weighted by Gasteiger charge is 2.15. The highest BCUT2D eigenvalue weighted by Crippen LogP contribution is 2.36. The summed E-state index contributed by atoms with van der Waals surface area (Å²) in [6, 6.07) is 18.7. The molecule has 0 radical (unpaired) electrons. The number of halogens is 2. The van der Waals surface area contributed by atoms with Gasteiger partial charge in [0, 0.05) is 22.9 Å². The number of nitrogens with one attached hydrogen (secondary N) is 1. The number of nitrogens with zero attached hydrogens (tertiary/aromatic N) is 2. The molecule has 1 aromatic heterocycles. The van der Waals surface area contributed by atoms with Crippen LogP contribution in [0.25, 0.3) is 22.0 Å². The second kappa shape index (κ2) is 8.04. The zero-order valence-electron chi connectivity index (χ0n) is 14.7. The Labute approximate surface area is 171 Å². The summed E-state index contributed by atoms with van der Waals surface area (Å²) in [6.07, 6.45) is 1.62. The molecule has 4 aromatic rings. The third-order valence-corrected chi connectivity index (χ3v) is 5.40. The van der Waals surface area contributed by atoms with Crippen molar-refractivity contribution in [1.29, 1.82) is 0 Å². The highest BCUT2D eigenvalue weighted by molar-refractivity contribution is 7.99. The molecule has 0 aliphatic rings. The number of fused-ring (bicyclic) bond motifs is 1. The first kappa shape index (κ1) is 18.5. The second-order valence-corrected chi connectivity index (χ2v) is 7.35. The Hall–Kier alpha value is -2.83. The zero-order chi connectivity index (χ0) is 19.5. The van der Waals surface area contributed by atoms with Gasteiger partial charge in [-0.2, -0.15) is 0 Å². The number of benzene rings is 3. The van der Waals surface area contributed by atoms with E-state index in [-0.39, 0.29) is 5.95 Å². The molecule has 1 heterocycles. The molecule has 0 aliphatic carbocycles. The predicted molar refractivity (Wildman–Crippen MR) is 116 cm³/mol. The minimum Gasteiger partial charge on any atom is -0.368 e. The topological polar surface area (TPSA) is 63.8 Å². The van der Waals surface area contributed by atoms with Crippen molar-refractivity contribution in [2.45, 2.75) is 5.75 Å². The summed E-state index contributed by atoms with van der Waals surface area (Å²) in [6.45, 7) is 0. The van der Waals surface area contributed by atoms with E-state index in [1.807, 2.05) is 30.3 Å². The smallest absolute Gasteiger partial charge is 0.220 e. The first-order valence-electron chi connectivity index (χ1n) is 8.54. The fourth-order valence-corrected chi connectivity index (χ4v) is 3.87. The van der Waals surface area contributed by atoms with Crippen molar-refractivity contribution < 1.29 is 4.39 Å². The van der Waals surface area contributed by atoms with Crippen molar-refractivity contribution in [3.63, 3.8) is 0 Å². The van der Waals surface area contributed by atoms with Crippen LogP contribution in [-0.4, -0.2) is 9.97 Å². The molecule has 0 spiro atoms. The van der Waals surface area contributed by atoms with Gasteiger partial charge in [-0.05, 0) is 47.3 Å². The van der Waals surface area contributed by atoms with Gasteiger partial charge in [0.05, 0.1) is 16.2 Å². The number of nitrogens with two attached hydrogens (primary N) is 1. The maximum Gasteiger partial charge on any atom is 0.220 e. The lowest BCUT2D eigenvalue weighted by molar-refractivity contribution is 0.636. The maximum absolute atomic E-state index is 15.2. The molecule has 3 N–H and O–H groups in total. The molecule has 0 saturated carbocycles. The van der Waals surface area contributed by atoms with E-state index in [4.69, 9.17) is 17.3 Å². The van der Waals surface area contributed by atoms with E-state index in [0.29, 0.717) is 33.1 Å². The Morgan fingerprint density at radius 3 is 2.71 bits per heavy atom. The van der Waals surface area contributed by atoms with Gasteiger partial charge < -0.3 is 10.5 Å². The average molecular weight is 411 g/mol. The van der Waals surface area contributed by atoms with Crippen LogP contribution in [0.5, 0.6) is 0 Å². The molecule has 0 saturated heterocycles. The Morgan fingerprint density at radius 1 is 1.07 bits per heavy atom. The Morgan fingerprint density at radius 2 is 1.89 bits per heavy atom. The summed E-state index contributed by atoms with van der Waals surface area (Å²) in [7, 11) is 0. The van der Waals surface area contributed by atoms with Crippen LogP contribution in [0.4, 0.5) is 16.0 Å². The molecule has 7 heteroatoms. The first-order chi connectivity index (χ1) is 13.6. The van der Waals surface area contributed by atoms with Gasteiger partial charge in [0.1, 0.15) is 0 Å². The molecule has 0 bridgehead atoms. The first-order valence-corrected chi connectivity index (χ1v) is 9.90. The number of aromatic nitrogens is 2. The molecule has 4 nitrogen and oxygen atoms in total. The van der Waals surface area contributed by atoms with Crippen LogP contribution in [0.3, 0.4) is 0 Å². The molecular weight excluding hydrogens is 395 g/mol. The molecule has 4 rings (SSSR count). The molecule has 0 atom stereocenters. The quantitative estimate of drug-likeness (QED) is 0.399. The molecular formula is C21H16ClFN4S. The molecule has 3 aromatic carbocycles. The van der Waals surface area contributed by atoms with E-state index in [1.165, 1.54) is 11.9 Å². The molecule has 140 valence electrons. The molecule has 0 amide bonds. The van der Waals surface area contributed by atoms with Crippen molar-refractivity contribution in [2.24, 2.45) is 0 Å². The summed E-state index contributed by atoms with van der Waals surface area (Å²) >= 11 is 7.74. The number of nitrogen functional groups attached to an aromatic ring is 1. The van der Waals surface area contributed by atoms with E-state index < -0.39 is 5.82 Å². The van der Waals surface area contributed by atoms with Crippen LogP contribution < -0.4 is 10.5 Å². The number of hydrogen-bond donors (Lipinski definition) is 2. The van der Waals surface area contributed by atoms with Gasteiger partial charge in [-0.3, -0.25) is 0 Å². The van der Waals surface area contributed by atoms with Gasteiger partial charge in [0.2, 0.25) is 5.95 Å². The van der Waals surface area contributed by atoms with Crippen molar-refractivity contribution in [3.05, 3.63) is 83.3 Å². The Balaban J connectivity index is 1.62.